The van der Waals surface area contributed by atoms with Crippen LogP contribution in [0.5, 0.6) is 0 Å². The van der Waals surface area contributed by atoms with Gasteiger partial charge in [0, 0.05) is 25.3 Å². The monoisotopic (exact) mass is 301 g/mol. The molecule has 2 aromatic rings. The van der Waals surface area contributed by atoms with E-state index >= 15 is 0 Å². The first kappa shape index (κ1) is 15.0. The van der Waals surface area contributed by atoms with E-state index in [9.17, 15) is 4.39 Å². The Morgan fingerprint density at radius 2 is 1.91 bits per heavy atom. The number of benzene rings is 1. The zero-order chi connectivity index (χ0) is 15.3. The highest BCUT2D eigenvalue weighted by Crippen LogP contribution is 2.32. The van der Waals surface area contributed by atoms with Crippen molar-refractivity contribution < 1.29 is 13.5 Å². The van der Waals surface area contributed by atoms with Gasteiger partial charge in [-0.3, -0.25) is 0 Å². The van der Waals surface area contributed by atoms with E-state index in [0.717, 1.165) is 30.7 Å². The van der Waals surface area contributed by atoms with Crippen LogP contribution in [0, 0.1) is 5.82 Å². The molecule has 0 unspecified atom stereocenters. The van der Waals surface area contributed by atoms with Gasteiger partial charge in [-0.1, -0.05) is 18.2 Å². The minimum atomic E-state index is -0.205. The maximum Gasteiger partial charge on any atom is 0.126 e. The first-order valence-electron chi connectivity index (χ1n) is 7.57. The molecule has 0 saturated carbocycles. The SMILES string of the molecule is Fc1ccc(C2(NC/C=C/c3ccco3)CCOCC2)cc1. The molecular weight excluding hydrogens is 281 g/mol. The first-order chi connectivity index (χ1) is 10.8. The maximum atomic E-state index is 13.2. The fourth-order valence-corrected chi connectivity index (χ4v) is 2.87. The molecule has 0 radical (unpaired) electrons. The molecule has 4 heteroatoms. The lowest BCUT2D eigenvalue weighted by Gasteiger charge is -2.38. The van der Waals surface area contributed by atoms with Gasteiger partial charge >= 0.3 is 0 Å². The number of halogens is 1. The number of rotatable bonds is 5. The van der Waals surface area contributed by atoms with Crippen molar-refractivity contribution in [1.82, 2.24) is 5.32 Å². The van der Waals surface area contributed by atoms with Crippen LogP contribution in [0.3, 0.4) is 0 Å². The van der Waals surface area contributed by atoms with E-state index in [2.05, 4.69) is 5.32 Å². The number of ether oxygens (including phenoxy) is 1. The molecule has 3 nitrogen and oxygen atoms in total. The van der Waals surface area contributed by atoms with Crippen LogP contribution in [-0.2, 0) is 10.3 Å². The van der Waals surface area contributed by atoms with Crippen molar-refractivity contribution in [2.75, 3.05) is 19.8 Å². The van der Waals surface area contributed by atoms with Crippen molar-refractivity contribution in [2.45, 2.75) is 18.4 Å². The number of hydrogen-bond donors (Lipinski definition) is 1. The highest BCUT2D eigenvalue weighted by atomic mass is 19.1. The van der Waals surface area contributed by atoms with Crippen molar-refractivity contribution >= 4 is 6.08 Å². The Labute approximate surface area is 129 Å². The third kappa shape index (κ3) is 3.46. The molecule has 1 N–H and O–H groups in total. The Balaban J connectivity index is 1.70. The Morgan fingerprint density at radius 1 is 1.14 bits per heavy atom. The summed E-state index contributed by atoms with van der Waals surface area (Å²) in [6.07, 6.45) is 7.41. The van der Waals surface area contributed by atoms with Gasteiger partial charge in [-0.25, -0.2) is 4.39 Å². The molecule has 0 bridgehead atoms. The van der Waals surface area contributed by atoms with E-state index in [1.54, 1.807) is 6.26 Å². The molecule has 22 heavy (non-hydrogen) atoms. The Morgan fingerprint density at radius 3 is 2.59 bits per heavy atom. The largest absolute Gasteiger partial charge is 0.465 e. The summed E-state index contributed by atoms with van der Waals surface area (Å²) in [7, 11) is 0. The highest BCUT2D eigenvalue weighted by molar-refractivity contribution is 5.42. The lowest BCUT2D eigenvalue weighted by Crippen LogP contribution is -2.46. The number of furan rings is 1. The van der Waals surface area contributed by atoms with Crippen LogP contribution >= 0.6 is 0 Å². The summed E-state index contributed by atoms with van der Waals surface area (Å²) in [5.74, 6) is 0.633. The van der Waals surface area contributed by atoms with Gasteiger partial charge in [0.15, 0.2) is 0 Å². The van der Waals surface area contributed by atoms with Gasteiger partial charge in [0.1, 0.15) is 11.6 Å². The standard InChI is InChI=1S/C18H20FNO2/c19-16-7-5-15(6-8-16)18(9-13-21-14-10-18)20-11-1-3-17-4-2-12-22-17/h1-8,12,20H,9-11,13-14H2/b3-1+. The van der Waals surface area contributed by atoms with Crippen LogP contribution in [0.1, 0.15) is 24.2 Å². The summed E-state index contributed by atoms with van der Waals surface area (Å²) in [4.78, 5) is 0. The minimum absolute atomic E-state index is 0.153. The lowest BCUT2D eigenvalue weighted by molar-refractivity contribution is 0.0381. The number of nitrogens with one attached hydrogen (secondary N) is 1. The van der Waals surface area contributed by atoms with Crippen molar-refractivity contribution in [2.24, 2.45) is 0 Å². The molecule has 0 aliphatic carbocycles. The lowest BCUT2D eigenvalue weighted by atomic mass is 9.82. The van der Waals surface area contributed by atoms with E-state index in [1.807, 2.05) is 36.4 Å². The van der Waals surface area contributed by atoms with Crippen LogP contribution in [0.15, 0.2) is 53.2 Å². The van der Waals surface area contributed by atoms with Gasteiger partial charge in [-0.05, 0) is 48.7 Å². The average molecular weight is 301 g/mol. The summed E-state index contributed by atoms with van der Waals surface area (Å²) in [6.45, 7) is 2.15. The van der Waals surface area contributed by atoms with Crippen LogP contribution in [-0.4, -0.2) is 19.8 Å². The van der Waals surface area contributed by atoms with Crippen LogP contribution in [0.2, 0.25) is 0 Å². The number of hydrogen-bond acceptors (Lipinski definition) is 3. The summed E-state index contributed by atoms with van der Waals surface area (Å²) < 4.78 is 23.9. The normalized spacial score (nSPS) is 17.9. The summed E-state index contributed by atoms with van der Waals surface area (Å²) in [6, 6.07) is 10.6. The quantitative estimate of drug-likeness (QED) is 0.914. The highest BCUT2D eigenvalue weighted by Gasteiger charge is 2.33. The molecule has 116 valence electrons. The van der Waals surface area contributed by atoms with Crippen LogP contribution < -0.4 is 5.32 Å². The topological polar surface area (TPSA) is 34.4 Å². The van der Waals surface area contributed by atoms with Gasteiger partial charge in [-0.15, -0.1) is 0 Å². The predicted molar refractivity (Wildman–Crippen MR) is 83.9 cm³/mol. The molecule has 2 heterocycles. The maximum absolute atomic E-state index is 13.2. The summed E-state index contributed by atoms with van der Waals surface area (Å²) >= 11 is 0. The Kier molecular flexibility index (Phi) is 4.71. The molecule has 0 spiro atoms. The zero-order valence-corrected chi connectivity index (χ0v) is 12.4. The molecule has 1 fully saturated rings. The third-order valence-electron chi connectivity index (χ3n) is 4.13. The second-order valence-corrected chi connectivity index (χ2v) is 5.50. The second-order valence-electron chi connectivity index (χ2n) is 5.50. The van der Waals surface area contributed by atoms with E-state index in [4.69, 9.17) is 9.15 Å². The van der Waals surface area contributed by atoms with Gasteiger partial charge in [0.25, 0.3) is 0 Å². The molecular formula is C18H20FNO2. The molecule has 1 aromatic carbocycles. The second kappa shape index (κ2) is 6.90. The van der Waals surface area contributed by atoms with Gasteiger partial charge in [0.05, 0.1) is 6.26 Å². The molecule has 1 aliphatic rings. The molecule has 1 aromatic heterocycles. The predicted octanol–water partition coefficient (Wildman–Crippen LogP) is 3.73. The molecule has 1 aliphatic heterocycles. The van der Waals surface area contributed by atoms with E-state index in [-0.39, 0.29) is 11.4 Å². The Hall–Kier alpha value is -1.91. The average Bonchev–Trinajstić information content (AvgIpc) is 3.06. The van der Waals surface area contributed by atoms with Crippen molar-refractivity contribution in [1.29, 1.82) is 0 Å². The minimum Gasteiger partial charge on any atom is -0.465 e. The summed E-state index contributed by atoms with van der Waals surface area (Å²) in [5.41, 5.74) is 0.961. The van der Waals surface area contributed by atoms with Crippen molar-refractivity contribution in [3.05, 3.63) is 65.9 Å². The van der Waals surface area contributed by atoms with E-state index in [0.29, 0.717) is 13.2 Å². The molecule has 0 atom stereocenters. The van der Waals surface area contributed by atoms with Gasteiger partial charge in [-0.2, -0.15) is 0 Å². The molecule has 1 saturated heterocycles. The summed E-state index contributed by atoms with van der Waals surface area (Å²) in [5, 5.41) is 3.60. The molecule has 3 rings (SSSR count). The van der Waals surface area contributed by atoms with Crippen molar-refractivity contribution in [3.63, 3.8) is 0 Å². The van der Waals surface area contributed by atoms with Crippen molar-refractivity contribution in [3.8, 4) is 0 Å². The first-order valence-corrected chi connectivity index (χ1v) is 7.57. The smallest absolute Gasteiger partial charge is 0.126 e. The fraction of sp³-hybridized carbons (Fsp3) is 0.333. The fourth-order valence-electron chi connectivity index (χ4n) is 2.87. The van der Waals surface area contributed by atoms with E-state index in [1.165, 1.54) is 12.1 Å². The van der Waals surface area contributed by atoms with E-state index < -0.39 is 0 Å². The Bertz CT molecular complexity index is 599. The molecule has 0 amide bonds. The van der Waals surface area contributed by atoms with Crippen LogP contribution in [0.25, 0.3) is 6.08 Å². The zero-order valence-electron chi connectivity index (χ0n) is 12.4. The van der Waals surface area contributed by atoms with Gasteiger partial charge in [0.2, 0.25) is 0 Å². The van der Waals surface area contributed by atoms with Gasteiger partial charge < -0.3 is 14.5 Å². The third-order valence-corrected chi connectivity index (χ3v) is 4.13. The van der Waals surface area contributed by atoms with Crippen LogP contribution in [0.4, 0.5) is 4.39 Å².